The molecule has 0 atom stereocenters. The Bertz CT molecular complexity index is 721. The van der Waals surface area contributed by atoms with Gasteiger partial charge in [0.05, 0.1) is 17.4 Å². The van der Waals surface area contributed by atoms with E-state index in [0.717, 1.165) is 11.1 Å². The zero-order chi connectivity index (χ0) is 17.4. The van der Waals surface area contributed by atoms with E-state index in [0.29, 0.717) is 12.2 Å². The minimum absolute atomic E-state index is 0.369. The Morgan fingerprint density at radius 2 is 1.75 bits per heavy atom. The summed E-state index contributed by atoms with van der Waals surface area (Å²) in [7, 11) is -0.413. The van der Waals surface area contributed by atoms with Crippen LogP contribution in [0, 0.1) is 0 Å². The van der Waals surface area contributed by atoms with Crippen LogP contribution in [0.4, 0.5) is 5.82 Å². The summed E-state index contributed by atoms with van der Waals surface area (Å²) in [6.45, 7) is 8.09. The van der Waals surface area contributed by atoms with Gasteiger partial charge >= 0.3 is 7.12 Å². The molecule has 6 nitrogen and oxygen atoms in total. The summed E-state index contributed by atoms with van der Waals surface area (Å²) >= 11 is 0. The quantitative estimate of drug-likeness (QED) is 0.694. The maximum atomic E-state index is 10.5. The zero-order valence-corrected chi connectivity index (χ0v) is 14.7. The summed E-state index contributed by atoms with van der Waals surface area (Å²) in [4.78, 5) is 14.7. The Morgan fingerprint density at radius 1 is 1.12 bits per heavy atom. The van der Waals surface area contributed by atoms with Crippen LogP contribution in [0.3, 0.4) is 0 Å². The van der Waals surface area contributed by atoms with Gasteiger partial charge in [-0.25, -0.2) is 4.98 Å². The first kappa shape index (κ1) is 17.0. The summed E-state index contributed by atoms with van der Waals surface area (Å²) < 4.78 is 13.9. The van der Waals surface area contributed by atoms with E-state index in [1.807, 2.05) is 50.4 Å². The van der Waals surface area contributed by atoms with Gasteiger partial charge in [0, 0.05) is 6.20 Å². The average molecular weight is 329 g/mol. The minimum atomic E-state index is -0.413. The topological polar surface area (TPSA) is 64.9 Å². The molecule has 3 heterocycles. The van der Waals surface area contributed by atoms with E-state index in [9.17, 15) is 4.79 Å². The van der Waals surface area contributed by atoms with Crippen molar-refractivity contribution in [2.45, 2.75) is 58.2 Å². The van der Waals surface area contributed by atoms with E-state index >= 15 is 0 Å². The number of fused-ring (bicyclic) bond motifs is 1. The highest BCUT2D eigenvalue weighted by molar-refractivity contribution is 6.62. The first-order valence-electron chi connectivity index (χ1n) is 8.37. The molecule has 0 bridgehead atoms. The number of hydrogen-bond donors (Lipinski definition) is 1. The van der Waals surface area contributed by atoms with E-state index < -0.39 is 7.12 Å². The third kappa shape index (κ3) is 3.47. The molecule has 7 heteroatoms. The molecule has 0 radical (unpaired) electrons. The van der Waals surface area contributed by atoms with Crippen molar-refractivity contribution in [1.29, 1.82) is 0 Å². The van der Waals surface area contributed by atoms with Crippen LogP contribution in [0.25, 0.3) is 5.65 Å². The van der Waals surface area contributed by atoms with Crippen LogP contribution in [-0.2, 0) is 14.1 Å². The number of nitrogens with zero attached hydrogens (tertiary/aromatic N) is 2. The first-order valence-corrected chi connectivity index (χ1v) is 8.37. The van der Waals surface area contributed by atoms with Crippen molar-refractivity contribution in [2.75, 3.05) is 5.32 Å². The smallest absolute Gasteiger partial charge is 0.399 e. The number of nitrogens with one attached hydrogen (secondary N) is 1. The Kier molecular flexibility index (Phi) is 4.40. The second kappa shape index (κ2) is 6.22. The molecule has 0 aromatic carbocycles. The summed E-state index contributed by atoms with van der Waals surface area (Å²) in [5, 5.41) is 2.54. The molecule has 24 heavy (non-hydrogen) atoms. The molecule has 1 saturated carbocycles. The SMILES string of the molecule is C1CC1.CC1(C)OB(c2ccc3nc(NC=O)cn3c2)OC1(C)C. The van der Waals surface area contributed by atoms with Gasteiger partial charge in [0.2, 0.25) is 6.41 Å². The number of carbonyl (C=O) groups is 1. The number of hydrogen-bond acceptors (Lipinski definition) is 4. The maximum Gasteiger partial charge on any atom is 0.496 e. The number of imidazole rings is 1. The number of pyridine rings is 1. The number of rotatable bonds is 3. The van der Waals surface area contributed by atoms with Crippen LogP contribution in [0.1, 0.15) is 47.0 Å². The first-order chi connectivity index (χ1) is 11.3. The van der Waals surface area contributed by atoms with Crippen molar-refractivity contribution in [3.05, 3.63) is 24.5 Å². The molecular formula is C17H24BN3O3. The highest BCUT2D eigenvalue weighted by atomic mass is 16.7. The number of amides is 1. The van der Waals surface area contributed by atoms with Crippen molar-refractivity contribution < 1.29 is 14.1 Å². The average Bonchev–Trinajstić information content (AvgIpc) is 3.29. The van der Waals surface area contributed by atoms with Crippen molar-refractivity contribution in [3.8, 4) is 0 Å². The lowest BCUT2D eigenvalue weighted by molar-refractivity contribution is -0.105. The van der Waals surface area contributed by atoms with Gasteiger partial charge in [0.25, 0.3) is 0 Å². The third-order valence-corrected chi connectivity index (χ3v) is 4.56. The Morgan fingerprint density at radius 3 is 2.29 bits per heavy atom. The molecule has 1 aliphatic carbocycles. The number of aromatic nitrogens is 2. The van der Waals surface area contributed by atoms with Crippen LogP contribution in [0.15, 0.2) is 24.5 Å². The van der Waals surface area contributed by atoms with Gasteiger partial charge in [-0.3, -0.25) is 4.79 Å². The van der Waals surface area contributed by atoms with Gasteiger partial charge in [0.1, 0.15) is 5.65 Å². The molecule has 2 aromatic heterocycles. The van der Waals surface area contributed by atoms with Crippen molar-refractivity contribution in [2.24, 2.45) is 0 Å². The van der Waals surface area contributed by atoms with Gasteiger partial charge in [-0.05, 0) is 39.2 Å². The molecule has 1 N–H and O–H groups in total. The van der Waals surface area contributed by atoms with E-state index in [1.54, 1.807) is 6.20 Å². The fourth-order valence-electron chi connectivity index (χ4n) is 2.26. The van der Waals surface area contributed by atoms with Crippen molar-refractivity contribution in [3.63, 3.8) is 0 Å². The molecule has 1 aliphatic heterocycles. The predicted molar refractivity (Wildman–Crippen MR) is 94.4 cm³/mol. The lowest BCUT2D eigenvalue weighted by Gasteiger charge is -2.32. The fraction of sp³-hybridized carbons (Fsp3) is 0.529. The van der Waals surface area contributed by atoms with Crippen molar-refractivity contribution >= 4 is 30.5 Å². The molecule has 2 fully saturated rings. The monoisotopic (exact) mass is 329 g/mol. The lowest BCUT2D eigenvalue weighted by Crippen LogP contribution is -2.41. The molecule has 1 saturated heterocycles. The number of carbonyl (C=O) groups excluding carboxylic acids is 1. The molecule has 4 rings (SSSR count). The Balaban J connectivity index is 0.000000508. The van der Waals surface area contributed by atoms with Gasteiger partial charge < -0.3 is 19.0 Å². The highest BCUT2D eigenvalue weighted by Gasteiger charge is 2.51. The van der Waals surface area contributed by atoms with Crippen LogP contribution < -0.4 is 10.8 Å². The molecular weight excluding hydrogens is 305 g/mol. The Labute approximate surface area is 142 Å². The van der Waals surface area contributed by atoms with E-state index in [1.165, 1.54) is 19.3 Å². The zero-order valence-electron chi connectivity index (χ0n) is 14.7. The minimum Gasteiger partial charge on any atom is -0.399 e. The maximum absolute atomic E-state index is 10.5. The molecule has 0 spiro atoms. The van der Waals surface area contributed by atoms with E-state index in [4.69, 9.17) is 9.31 Å². The predicted octanol–water partition coefficient (Wildman–Crippen LogP) is 2.37. The summed E-state index contributed by atoms with van der Waals surface area (Å²) in [6.07, 6.45) is 8.76. The second-order valence-electron chi connectivity index (χ2n) is 7.27. The van der Waals surface area contributed by atoms with Crippen molar-refractivity contribution in [1.82, 2.24) is 9.38 Å². The third-order valence-electron chi connectivity index (χ3n) is 4.56. The van der Waals surface area contributed by atoms with Crippen LogP contribution in [0.5, 0.6) is 0 Å². The van der Waals surface area contributed by atoms with Gasteiger partial charge in [-0.1, -0.05) is 25.3 Å². The van der Waals surface area contributed by atoms with E-state index in [-0.39, 0.29) is 11.2 Å². The van der Waals surface area contributed by atoms with E-state index in [2.05, 4.69) is 10.3 Å². The van der Waals surface area contributed by atoms with Gasteiger partial charge in [0.15, 0.2) is 5.82 Å². The molecule has 2 aliphatic rings. The lowest BCUT2D eigenvalue weighted by atomic mass is 9.80. The largest absolute Gasteiger partial charge is 0.496 e. The summed E-state index contributed by atoms with van der Waals surface area (Å²) in [5.74, 6) is 0.510. The summed E-state index contributed by atoms with van der Waals surface area (Å²) in [5.41, 5.74) is 0.924. The van der Waals surface area contributed by atoms with Gasteiger partial charge in [-0.2, -0.15) is 0 Å². The summed E-state index contributed by atoms with van der Waals surface area (Å²) in [6, 6.07) is 3.80. The Hall–Kier alpha value is -1.86. The number of anilines is 1. The molecule has 0 unspecified atom stereocenters. The van der Waals surface area contributed by atoms with Crippen LogP contribution in [0.2, 0.25) is 0 Å². The van der Waals surface area contributed by atoms with Crippen LogP contribution >= 0.6 is 0 Å². The standard InChI is InChI=1S/C14H18BN3O3.C3H6/c1-13(2)14(3,4)21-15(20-13)10-5-6-12-17-11(16-9-19)8-18(12)7-10;1-2-3-1/h5-9H,1-4H3,(H,16,19);1-3H2. The fourth-order valence-corrected chi connectivity index (χ4v) is 2.26. The van der Waals surface area contributed by atoms with Gasteiger partial charge in [-0.15, -0.1) is 0 Å². The highest BCUT2D eigenvalue weighted by Crippen LogP contribution is 2.36. The second-order valence-corrected chi connectivity index (χ2v) is 7.27. The normalized spacial score (nSPS) is 20.4. The van der Waals surface area contributed by atoms with Crippen LogP contribution in [-0.4, -0.2) is 34.1 Å². The molecule has 128 valence electrons. The molecule has 2 aromatic rings. The molecule has 1 amide bonds.